The van der Waals surface area contributed by atoms with Gasteiger partial charge < -0.3 is 10.1 Å². The molecule has 1 amide bonds. The van der Waals surface area contributed by atoms with Gasteiger partial charge in [0.25, 0.3) is 5.91 Å². The summed E-state index contributed by atoms with van der Waals surface area (Å²) in [6, 6.07) is 26.3. The summed E-state index contributed by atoms with van der Waals surface area (Å²) in [5, 5.41) is 2.88. The lowest BCUT2D eigenvalue weighted by atomic mass is 10.2. The van der Waals surface area contributed by atoms with E-state index in [4.69, 9.17) is 4.74 Å². The van der Waals surface area contributed by atoms with Crippen molar-refractivity contribution in [3.8, 4) is 0 Å². The van der Waals surface area contributed by atoms with Crippen LogP contribution in [-0.4, -0.2) is 35.4 Å². The number of hydrogen-bond acceptors (Lipinski definition) is 5. The summed E-state index contributed by atoms with van der Waals surface area (Å²) >= 11 is 1.14. The fourth-order valence-corrected chi connectivity index (χ4v) is 3.75. The lowest BCUT2D eigenvalue weighted by molar-refractivity contribution is 0.0492. The second-order valence-corrected chi connectivity index (χ2v) is 7.78. The van der Waals surface area contributed by atoms with Crippen LogP contribution in [0.2, 0.25) is 0 Å². The van der Waals surface area contributed by atoms with Gasteiger partial charge in [0, 0.05) is 29.3 Å². The molecule has 158 valence electrons. The van der Waals surface area contributed by atoms with Gasteiger partial charge in [-0.25, -0.2) is 4.79 Å². The molecule has 31 heavy (non-hydrogen) atoms. The van der Waals surface area contributed by atoms with Gasteiger partial charge >= 0.3 is 5.97 Å². The van der Waals surface area contributed by atoms with Gasteiger partial charge in [-0.15, -0.1) is 0 Å². The number of esters is 1. The Morgan fingerprint density at radius 1 is 0.742 bits per heavy atom. The van der Waals surface area contributed by atoms with Gasteiger partial charge in [-0.3, -0.25) is 9.59 Å². The third-order valence-corrected chi connectivity index (χ3v) is 5.57. The van der Waals surface area contributed by atoms with Crippen LogP contribution in [0.15, 0.2) is 91.0 Å². The zero-order chi connectivity index (χ0) is 21.9. The first kappa shape index (κ1) is 22.3. The Kier molecular flexibility index (Phi) is 8.43. The summed E-state index contributed by atoms with van der Waals surface area (Å²) in [6.45, 7) is 0.132. The Labute approximate surface area is 185 Å². The van der Waals surface area contributed by atoms with Crippen molar-refractivity contribution in [2.45, 2.75) is 12.5 Å². The summed E-state index contributed by atoms with van der Waals surface area (Å²) in [5.41, 5.74) is 1.62. The Morgan fingerprint density at radius 2 is 1.26 bits per heavy atom. The highest BCUT2D eigenvalue weighted by Gasteiger charge is 2.17. The monoisotopic (exact) mass is 433 g/mol. The zero-order valence-electron chi connectivity index (χ0n) is 16.9. The van der Waals surface area contributed by atoms with E-state index >= 15 is 0 Å². The number of carbonyl (C=O) groups excluding carboxylic acids is 3. The maximum absolute atomic E-state index is 12.6. The molecule has 3 aromatic rings. The van der Waals surface area contributed by atoms with Crippen LogP contribution in [-0.2, 0) is 4.74 Å². The maximum Gasteiger partial charge on any atom is 0.338 e. The molecule has 0 aliphatic rings. The van der Waals surface area contributed by atoms with Crippen LogP contribution in [0, 0.1) is 0 Å². The average Bonchev–Trinajstić information content (AvgIpc) is 2.83. The Bertz CT molecular complexity index is 994. The minimum Gasteiger partial charge on any atom is -0.462 e. The highest BCUT2D eigenvalue weighted by Crippen LogP contribution is 2.15. The van der Waals surface area contributed by atoms with Crippen molar-refractivity contribution < 1.29 is 19.1 Å². The number of benzene rings is 3. The SMILES string of the molecule is O=C(N[C@@H](CCOC(=O)c1ccccc1)CSC(=O)c1ccccc1)c1ccccc1. The fourth-order valence-electron chi connectivity index (χ4n) is 2.84. The van der Waals surface area contributed by atoms with E-state index in [1.54, 1.807) is 60.7 Å². The lowest BCUT2D eigenvalue weighted by Crippen LogP contribution is -2.38. The zero-order valence-corrected chi connectivity index (χ0v) is 17.7. The lowest BCUT2D eigenvalue weighted by Gasteiger charge is -2.18. The molecule has 5 nitrogen and oxygen atoms in total. The van der Waals surface area contributed by atoms with E-state index in [2.05, 4.69) is 5.32 Å². The molecule has 0 unspecified atom stereocenters. The van der Waals surface area contributed by atoms with Crippen molar-refractivity contribution in [1.29, 1.82) is 0 Å². The Hall–Kier alpha value is -3.38. The van der Waals surface area contributed by atoms with Crippen molar-refractivity contribution in [3.05, 3.63) is 108 Å². The average molecular weight is 434 g/mol. The molecule has 0 bridgehead atoms. The summed E-state index contributed by atoms with van der Waals surface area (Å²) in [5.74, 6) is -0.274. The molecule has 0 radical (unpaired) electrons. The third-order valence-electron chi connectivity index (χ3n) is 4.51. The van der Waals surface area contributed by atoms with Crippen molar-refractivity contribution in [2.24, 2.45) is 0 Å². The Balaban J connectivity index is 1.58. The summed E-state index contributed by atoms with van der Waals surface area (Å²) in [6.07, 6.45) is 0.395. The number of amides is 1. The van der Waals surface area contributed by atoms with E-state index < -0.39 is 5.97 Å². The van der Waals surface area contributed by atoms with E-state index in [9.17, 15) is 14.4 Å². The van der Waals surface area contributed by atoms with Crippen LogP contribution in [0.25, 0.3) is 0 Å². The van der Waals surface area contributed by atoms with Crippen molar-refractivity contribution in [2.75, 3.05) is 12.4 Å². The van der Waals surface area contributed by atoms with Gasteiger partial charge in [0.15, 0.2) is 0 Å². The normalized spacial score (nSPS) is 11.4. The van der Waals surface area contributed by atoms with Crippen molar-refractivity contribution in [3.63, 3.8) is 0 Å². The van der Waals surface area contributed by atoms with E-state index in [0.717, 1.165) is 11.8 Å². The molecule has 3 rings (SSSR count). The summed E-state index contributed by atoms with van der Waals surface area (Å²) < 4.78 is 5.35. The van der Waals surface area contributed by atoms with Crippen LogP contribution >= 0.6 is 11.8 Å². The number of ether oxygens (including phenoxy) is 1. The molecule has 0 saturated carbocycles. The van der Waals surface area contributed by atoms with Crippen LogP contribution in [0.4, 0.5) is 0 Å². The molecular weight excluding hydrogens is 410 g/mol. The van der Waals surface area contributed by atoms with Crippen LogP contribution < -0.4 is 5.32 Å². The third kappa shape index (κ3) is 7.12. The molecular formula is C25H23NO4S. The van der Waals surface area contributed by atoms with E-state index in [0.29, 0.717) is 28.9 Å². The number of rotatable bonds is 9. The number of thioether (sulfide) groups is 1. The molecule has 0 fully saturated rings. The van der Waals surface area contributed by atoms with Crippen LogP contribution in [0.1, 0.15) is 37.5 Å². The second kappa shape index (κ2) is 11.7. The molecule has 0 aliphatic heterocycles. The molecule has 0 aliphatic carbocycles. The molecule has 1 N–H and O–H groups in total. The van der Waals surface area contributed by atoms with Gasteiger partial charge in [0.2, 0.25) is 5.12 Å². The smallest absolute Gasteiger partial charge is 0.338 e. The highest BCUT2D eigenvalue weighted by molar-refractivity contribution is 8.14. The van der Waals surface area contributed by atoms with Gasteiger partial charge in [0.05, 0.1) is 12.2 Å². The van der Waals surface area contributed by atoms with Gasteiger partial charge in [-0.1, -0.05) is 78.5 Å². The van der Waals surface area contributed by atoms with Crippen molar-refractivity contribution in [1.82, 2.24) is 5.32 Å². The first-order chi connectivity index (χ1) is 15.1. The van der Waals surface area contributed by atoms with E-state index in [1.165, 1.54) is 0 Å². The Morgan fingerprint density at radius 3 is 1.84 bits per heavy atom. The number of hydrogen-bond donors (Lipinski definition) is 1. The van der Waals surface area contributed by atoms with Gasteiger partial charge in [0.1, 0.15) is 0 Å². The van der Waals surface area contributed by atoms with E-state index in [-0.39, 0.29) is 23.7 Å². The second-order valence-electron chi connectivity index (χ2n) is 6.79. The number of carbonyl (C=O) groups is 3. The fraction of sp³-hybridized carbons (Fsp3) is 0.160. The van der Waals surface area contributed by atoms with Crippen LogP contribution in [0.3, 0.4) is 0 Å². The highest BCUT2D eigenvalue weighted by atomic mass is 32.2. The van der Waals surface area contributed by atoms with Crippen LogP contribution in [0.5, 0.6) is 0 Å². The summed E-state index contributed by atoms with van der Waals surface area (Å²) in [7, 11) is 0. The minimum atomic E-state index is -0.415. The molecule has 0 saturated heterocycles. The first-order valence-electron chi connectivity index (χ1n) is 9.94. The topological polar surface area (TPSA) is 72.5 Å². The van der Waals surface area contributed by atoms with Crippen molar-refractivity contribution >= 4 is 28.8 Å². The van der Waals surface area contributed by atoms with E-state index in [1.807, 2.05) is 30.3 Å². The predicted molar refractivity (Wildman–Crippen MR) is 122 cm³/mol. The molecule has 3 aromatic carbocycles. The number of nitrogens with one attached hydrogen (secondary N) is 1. The first-order valence-corrected chi connectivity index (χ1v) is 10.9. The van der Waals surface area contributed by atoms with Gasteiger partial charge in [-0.2, -0.15) is 0 Å². The molecule has 1 atom stereocenters. The largest absolute Gasteiger partial charge is 0.462 e. The molecule has 0 heterocycles. The predicted octanol–water partition coefficient (Wildman–Crippen LogP) is 4.61. The summed E-state index contributed by atoms with van der Waals surface area (Å²) in [4.78, 5) is 37.2. The molecule has 0 spiro atoms. The molecule has 6 heteroatoms. The standard InChI is InChI=1S/C25H23NO4S/c27-23(19-10-4-1-5-11-19)26-22(18-31-25(29)21-14-8-3-9-15-21)16-17-30-24(28)20-12-6-2-7-13-20/h1-15,22H,16-18H2,(H,26,27)/t22-/m0/s1. The minimum absolute atomic E-state index is 0.0687. The van der Waals surface area contributed by atoms with Gasteiger partial charge in [-0.05, 0) is 24.3 Å². The quantitative estimate of drug-likeness (QED) is 0.499. The molecule has 0 aromatic heterocycles. The maximum atomic E-state index is 12.6.